The zero-order valence-corrected chi connectivity index (χ0v) is 16.1. The van der Waals surface area contributed by atoms with E-state index in [9.17, 15) is 9.59 Å². The number of nitrogens with one attached hydrogen (secondary N) is 2. The van der Waals surface area contributed by atoms with Gasteiger partial charge >= 0.3 is 6.03 Å². The number of hydrogen-bond acceptors (Lipinski definition) is 3. The lowest BCUT2D eigenvalue weighted by molar-refractivity contribution is -0.120. The number of rotatable bonds is 6. The third-order valence-corrected chi connectivity index (χ3v) is 5.45. The van der Waals surface area contributed by atoms with E-state index in [1.807, 2.05) is 24.3 Å². The first kappa shape index (κ1) is 18.5. The quantitative estimate of drug-likeness (QED) is 0.755. The van der Waals surface area contributed by atoms with Crippen molar-refractivity contribution in [1.82, 2.24) is 20.2 Å². The van der Waals surface area contributed by atoms with Crippen LogP contribution in [0.3, 0.4) is 0 Å². The number of carbonyl (C=O) groups is 2. The van der Waals surface area contributed by atoms with Crippen LogP contribution >= 0.6 is 0 Å². The lowest BCUT2D eigenvalue weighted by atomic mass is 9.97. The van der Waals surface area contributed by atoms with Gasteiger partial charge in [-0.3, -0.25) is 9.69 Å². The maximum atomic E-state index is 12.5. The molecular weight excluding hydrogens is 354 g/mol. The highest BCUT2D eigenvalue weighted by atomic mass is 16.2. The second kappa shape index (κ2) is 8.46. The molecule has 7 heteroatoms. The van der Waals surface area contributed by atoms with Gasteiger partial charge in [0.2, 0.25) is 11.9 Å². The number of anilines is 1. The predicted octanol–water partition coefficient (Wildman–Crippen LogP) is 2.96. The van der Waals surface area contributed by atoms with Crippen LogP contribution in [0.2, 0.25) is 0 Å². The zero-order valence-electron chi connectivity index (χ0n) is 16.1. The van der Waals surface area contributed by atoms with Gasteiger partial charge in [0.1, 0.15) is 0 Å². The highest BCUT2D eigenvalue weighted by molar-refractivity contribution is 5.94. The molecule has 1 aromatic carbocycles. The van der Waals surface area contributed by atoms with Gasteiger partial charge < -0.3 is 15.2 Å². The van der Waals surface area contributed by atoms with Crippen molar-refractivity contribution >= 4 is 28.9 Å². The molecule has 7 nitrogen and oxygen atoms in total. The molecule has 0 radical (unpaired) electrons. The Balaban J connectivity index is 1.21. The minimum Gasteiger partial charge on any atom is -0.356 e. The maximum absolute atomic E-state index is 12.5. The van der Waals surface area contributed by atoms with Crippen LogP contribution in [0.15, 0.2) is 35.9 Å². The molecular formula is C21H27N5O2. The molecule has 0 spiro atoms. The Morgan fingerprint density at radius 1 is 1.07 bits per heavy atom. The first-order valence-corrected chi connectivity index (χ1v) is 10.2. The third kappa shape index (κ3) is 4.03. The molecule has 2 heterocycles. The molecule has 2 aliphatic rings. The van der Waals surface area contributed by atoms with Gasteiger partial charge in [0.25, 0.3) is 0 Å². The summed E-state index contributed by atoms with van der Waals surface area (Å²) in [7, 11) is 0. The molecule has 0 atom stereocenters. The van der Waals surface area contributed by atoms with E-state index in [0.29, 0.717) is 25.6 Å². The van der Waals surface area contributed by atoms with E-state index in [2.05, 4.69) is 26.3 Å². The average Bonchev–Trinajstić information content (AvgIpc) is 3.28. The molecule has 0 unspecified atom stereocenters. The average molecular weight is 381 g/mol. The van der Waals surface area contributed by atoms with Crippen molar-refractivity contribution in [2.75, 3.05) is 24.5 Å². The van der Waals surface area contributed by atoms with Gasteiger partial charge in [-0.15, -0.1) is 0 Å². The first-order chi connectivity index (χ1) is 13.7. The molecule has 1 aliphatic carbocycles. The smallest absolute Gasteiger partial charge is 0.324 e. The van der Waals surface area contributed by atoms with E-state index in [-0.39, 0.29) is 18.4 Å². The number of carbonyl (C=O) groups excluding carboxylic acids is 2. The number of hydrogen-bond donors (Lipinski definition) is 2. The largest absolute Gasteiger partial charge is 0.356 e. The number of benzene rings is 1. The standard InChI is InChI=1S/C21H27N5O2/c27-19(22-12-10-16-6-2-1-3-7-16)11-13-23-21(28)26-15-14-25-18-9-5-4-8-17(18)24-20(25)26/h4-6,8-9H,1-3,7,10-15H2,(H,22,27)(H,23,28). The summed E-state index contributed by atoms with van der Waals surface area (Å²) < 4.78 is 2.06. The number of amides is 3. The summed E-state index contributed by atoms with van der Waals surface area (Å²) in [4.78, 5) is 30.7. The highest BCUT2D eigenvalue weighted by Crippen LogP contribution is 2.26. The molecule has 0 saturated heterocycles. The fraction of sp³-hybridized carbons (Fsp3) is 0.476. The molecule has 0 saturated carbocycles. The lowest BCUT2D eigenvalue weighted by Gasteiger charge is -2.15. The Kier molecular flexibility index (Phi) is 5.60. The summed E-state index contributed by atoms with van der Waals surface area (Å²) in [5.41, 5.74) is 3.39. The van der Waals surface area contributed by atoms with Crippen LogP contribution in [0, 0.1) is 0 Å². The molecule has 3 amide bonds. The number of nitrogens with zero attached hydrogens (tertiary/aromatic N) is 3. The zero-order chi connectivity index (χ0) is 19.3. The molecule has 0 fully saturated rings. The van der Waals surface area contributed by atoms with Crippen molar-refractivity contribution in [3.8, 4) is 0 Å². The second-order valence-electron chi connectivity index (χ2n) is 7.39. The van der Waals surface area contributed by atoms with Crippen LogP contribution in [0.4, 0.5) is 10.7 Å². The summed E-state index contributed by atoms with van der Waals surface area (Å²) in [6.45, 7) is 2.33. The minimum atomic E-state index is -0.200. The van der Waals surface area contributed by atoms with Crippen LogP contribution in [0.25, 0.3) is 11.0 Å². The van der Waals surface area contributed by atoms with Crippen LogP contribution in [0.5, 0.6) is 0 Å². The summed E-state index contributed by atoms with van der Waals surface area (Å²) in [5, 5.41) is 5.79. The first-order valence-electron chi connectivity index (χ1n) is 10.2. The van der Waals surface area contributed by atoms with Crippen molar-refractivity contribution in [3.63, 3.8) is 0 Å². The SMILES string of the molecule is O=C(CCNC(=O)N1CCn2c1nc1ccccc12)NCCC1=CCCCC1. The van der Waals surface area contributed by atoms with Crippen LogP contribution in [-0.2, 0) is 11.3 Å². The molecule has 2 N–H and O–H groups in total. The lowest BCUT2D eigenvalue weighted by Crippen LogP contribution is -2.41. The van der Waals surface area contributed by atoms with Crippen molar-refractivity contribution < 1.29 is 9.59 Å². The van der Waals surface area contributed by atoms with Gasteiger partial charge in [-0.1, -0.05) is 23.8 Å². The summed E-state index contributed by atoms with van der Waals surface area (Å²) >= 11 is 0. The number of imidazole rings is 1. The van der Waals surface area contributed by atoms with Gasteiger partial charge in [0, 0.05) is 32.6 Å². The molecule has 1 aromatic heterocycles. The van der Waals surface area contributed by atoms with Crippen LogP contribution in [-0.4, -0.2) is 41.1 Å². The second-order valence-corrected chi connectivity index (χ2v) is 7.39. The number of allylic oxidation sites excluding steroid dienone is 1. The van der Waals surface area contributed by atoms with E-state index in [1.54, 1.807) is 4.90 Å². The van der Waals surface area contributed by atoms with Gasteiger partial charge in [0.15, 0.2) is 0 Å². The van der Waals surface area contributed by atoms with Crippen LogP contribution < -0.4 is 15.5 Å². The Morgan fingerprint density at radius 2 is 1.96 bits per heavy atom. The number of fused-ring (bicyclic) bond motifs is 3. The maximum Gasteiger partial charge on any atom is 0.324 e. The predicted molar refractivity (Wildman–Crippen MR) is 109 cm³/mol. The van der Waals surface area contributed by atoms with Crippen LogP contribution in [0.1, 0.15) is 38.5 Å². The number of para-hydroxylation sites is 2. The van der Waals surface area contributed by atoms with Crippen molar-refractivity contribution in [2.24, 2.45) is 0 Å². The van der Waals surface area contributed by atoms with E-state index in [1.165, 1.54) is 24.8 Å². The van der Waals surface area contributed by atoms with E-state index < -0.39 is 0 Å². The summed E-state index contributed by atoms with van der Waals surface area (Å²) in [6, 6.07) is 7.68. The molecule has 148 valence electrons. The Morgan fingerprint density at radius 3 is 2.82 bits per heavy atom. The van der Waals surface area contributed by atoms with Crippen molar-refractivity contribution in [2.45, 2.75) is 45.1 Å². The fourth-order valence-corrected chi connectivity index (χ4v) is 3.94. The van der Waals surface area contributed by atoms with Gasteiger partial charge in [-0.25, -0.2) is 9.78 Å². The van der Waals surface area contributed by atoms with Crippen molar-refractivity contribution in [3.05, 3.63) is 35.9 Å². The van der Waals surface area contributed by atoms with Gasteiger partial charge in [-0.2, -0.15) is 0 Å². The summed E-state index contributed by atoms with van der Waals surface area (Å²) in [5.74, 6) is 0.647. The van der Waals surface area contributed by atoms with Crippen molar-refractivity contribution in [1.29, 1.82) is 0 Å². The third-order valence-electron chi connectivity index (χ3n) is 5.45. The van der Waals surface area contributed by atoms with Gasteiger partial charge in [-0.05, 0) is 44.2 Å². The monoisotopic (exact) mass is 381 g/mol. The summed E-state index contributed by atoms with van der Waals surface area (Å²) in [6.07, 6.45) is 8.39. The van der Waals surface area contributed by atoms with Gasteiger partial charge in [0.05, 0.1) is 11.0 Å². The molecule has 28 heavy (non-hydrogen) atoms. The highest BCUT2D eigenvalue weighted by Gasteiger charge is 2.28. The fourth-order valence-electron chi connectivity index (χ4n) is 3.94. The molecule has 1 aliphatic heterocycles. The Hall–Kier alpha value is -2.83. The topological polar surface area (TPSA) is 79.3 Å². The Bertz CT molecular complexity index is 901. The van der Waals surface area contributed by atoms with E-state index >= 15 is 0 Å². The Labute approximate surface area is 164 Å². The molecule has 0 bridgehead atoms. The normalized spacial score (nSPS) is 16.0. The van der Waals surface area contributed by atoms with E-state index in [0.717, 1.165) is 30.4 Å². The molecule has 2 aromatic rings. The number of aromatic nitrogens is 2. The number of urea groups is 1. The van der Waals surface area contributed by atoms with E-state index in [4.69, 9.17) is 0 Å². The minimum absolute atomic E-state index is 0.0228. The molecule has 4 rings (SSSR count).